The smallest absolute Gasteiger partial charge is 0.346 e. The minimum absolute atomic E-state index is 0.459. The van der Waals surface area contributed by atoms with Crippen molar-refractivity contribution in [2.45, 2.75) is 105 Å². The van der Waals surface area contributed by atoms with Crippen LogP contribution in [0.1, 0.15) is 122 Å². The first-order valence-corrected chi connectivity index (χ1v) is 13.0. The zero-order valence-corrected chi connectivity index (χ0v) is 21.2. The molecule has 0 radical (unpaired) electrons. The molecule has 0 saturated heterocycles. The molecule has 3 nitrogen and oxygen atoms in total. The third-order valence-corrected chi connectivity index (χ3v) is 6.27. The second-order valence-electron chi connectivity index (χ2n) is 9.06. The van der Waals surface area contributed by atoms with Gasteiger partial charge in [0.25, 0.3) is 0 Å². The van der Waals surface area contributed by atoms with E-state index in [0.29, 0.717) is 11.1 Å². The van der Waals surface area contributed by atoms with Crippen LogP contribution in [0.2, 0.25) is 0 Å². The van der Waals surface area contributed by atoms with E-state index in [0.717, 1.165) is 77.0 Å². The average molecular weight is 451 g/mol. The Morgan fingerprint density at radius 3 is 1.21 bits per heavy atom. The third-order valence-electron chi connectivity index (χ3n) is 6.27. The summed E-state index contributed by atoms with van der Waals surface area (Å²) in [4.78, 5) is 25.6. The summed E-state index contributed by atoms with van der Waals surface area (Å²) in [5.41, 5.74) is 5.93. The number of benzene rings is 2. The van der Waals surface area contributed by atoms with Crippen molar-refractivity contribution in [3.8, 4) is 0 Å². The third kappa shape index (κ3) is 8.46. The molecule has 0 aliphatic heterocycles. The van der Waals surface area contributed by atoms with E-state index in [2.05, 4.69) is 27.7 Å². The van der Waals surface area contributed by atoms with Crippen LogP contribution in [0.5, 0.6) is 0 Å². The Balaban J connectivity index is 2.17. The molecule has 0 aliphatic rings. The number of ether oxygens (including phenoxy) is 1. The number of esters is 2. The van der Waals surface area contributed by atoms with E-state index < -0.39 is 11.9 Å². The van der Waals surface area contributed by atoms with Crippen molar-refractivity contribution in [2.75, 3.05) is 0 Å². The van der Waals surface area contributed by atoms with Gasteiger partial charge in [-0.2, -0.15) is 0 Å². The van der Waals surface area contributed by atoms with E-state index in [9.17, 15) is 9.59 Å². The van der Waals surface area contributed by atoms with Gasteiger partial charge in [-0.3, -0.25) is 0 Å². The van der Waals surface area contributed by atoms with Crippen LogP contribution in [0.15, 0.2) is 36.4 Å². The van der Waals surface area contributed by atoms with Gasteiger partial charge in [0.1, 0.15) is 0 Å². The lowest BCUT2D eigenvalue weighted by Gasteiger charge is -2.13. The van der Waals surface area contributed by atoms with Gasteiger partial charge in [0.2, 0.25) is 0 Å². The summed E-state index contributed by atoms with van der Waals surface area (Å²) >= 11 is 0. The molecule has 3 heteroatoms. The molecule has 0 spiro atoms. The highest BCUT2D eigenvalue weighted by molar-refractivity contribution is 6.02. The Hall–Kier alpha value is -2.42. The van der Waals surface area contributed by atoms with E-state index >= 15 is 0 Å². The fourth-order valence-corrected chi connectivity index (χ4v) is 4.13. The molecule has 180 valence electrons. The number of hydrogen-bond acceptors (Lipinski definition) is 3. The fourth-order valence-electron chi connectivity index (χ4n) is 4.13. The van der Waals surface area contributed by atoms with Crippen LogP contribution in [0.4, 0.5) is 0 Å². The summed E-state index contributed by atoms with van der Waals surface area (Å²) in [5, 5.41) is 0. The highest BCUT2D eigenvalue weighted by Gasteiger charge is 2.18. The first kappa shape index (κ1) is 26.8. The second kappa shape index (κ2) is 14.7. The van der Waals surface area contributed by atoms with Crippen LogP contribution in [0.25, 0.3) is 0 Å². The first-order valence-electron chi connectivity index (χ1n) is 13.0. The lowest BCUT2D eigenvalue weighted by Crippen LogP contribution is -2.14. The van der Waals surface area contributed by atoms with Crippen LogP contribution in [-0.4, -0.2) is 11.9 Å². The second-order valence-corrected chi connectivity index (χ2v) is 9.06. The van der Waals surface area contributed by atoms with Crippen LogP contribution in [0.3, 0.4) is 0 Å². The lowest BCUT2D eigenvalue weighted by molar-refractivity contribution is 0.0397. The molecule has 2 aromatic rings. The van der Waals surface area contributed by atoms with Gasteiger partial charge in [-0.05, 0) is 97.9 Å². The van der Waals surface area contributed by atoms with Gasteiger partial charge >= 0.3 is 11.9 Å². The quantitative estimate of drug-likeness (QED) is 0.216. The fraction of sp³-hybridized carbons (Fsp3) is 0.533. The normalized spacial score (nSPS) is 10.9. The van der Waals surface area contributed by atoms with Crippen LogP contribution < -0.4 is 0 Å². The molecular weight excluding hydrogens is 408 g/mol. The molecule has 0 aromatic heterocycles. The van der Waals surface area contributed by atoms with E-state index in [1.165, 1.54) is 22.3 Å². The highest BCUT2D eigenvalue weighted by atomic mass is 16.6. The Morgan fingerprint density at radius 2 is 0.879 bits per heavy atom. The minimum Gasteiger partial charge on any atom is -0.386 e. The number of unbranched alkanes of at least 4 members (excludes halogenated alkanes) is 4. The van der Waals surface area contributed by atoms with Gasteiger partial charge in [0.05, 0.1) is 11.1 Å². The van der Waals surface area contributed by atoms with Gasteiger partial charge < -0.3 is 4.74 Å². The molecule has 0 N–H and O–H groups in total. The minimum atomic E-state index is -0.565. The van der Waals surface area contributed by atoms with Crippen molar-refractivity contribution in [2.24, 2.45) is 0 Å². The Morgan fingerprint density at radius 1 is 0.545 bits per heavy atom. The van der Waals surface area contributed by atoms with Crippen molar-refractivity contribution >= 4 is 11.9 Å². The molecule has 0 saturated carbocycles. The zero-order chi connectivity index (χ0) is 24.1. The Kier molecular flexibility index (Phi) is 11.9. The molecule has 2 aromatic carbocycles. The van der Waals surface area contributed by atoms with Crippen molar-refractivity contribution in [3.05, 3.63) is 69.8 Å². The molecule has 0 aliphatic carbocycles. The van der Waals surface area contributed by atoms with Gasteiger partial charge in [-0.15, -0.1) is 0 Å². The van der Waals surface area contributed by atoms with Crippen molar-refractivity contribution in [1.29, 1.82) is 0 Å². The van der Waals surface area contributed by atoms with Gasteiger partial charge in [-0.25, -0.2) is 9.59 Å². The summed E-state index contributed by atoms with van der Waals surface area (Å²) in [7, 11) is 0. The number of rotatable bonds is 14. The topological polar surface area (TPSA) is 43.4 Å². The summed E-state index contributed by atoms with van der Waals surface area (Å²) in [6.45, 7) is 8.72. The summed E-state index contributed by atoms with van der Waals surface area (Å²) < 4.78 is 5.31. The highest BCUT2D eigenvalue weighted by Crippen LogP contribution is 2.21. The number of hydrogen-bond donors (Lipinski definition) is 0. The van der Waals surface area contributed by atoms with Crippen molar-refractivity contribution in [3.63, 3.8) is 0 Å². The predicted octanol–water partition coefficient (Wildman–Crippen LogP) is 8.05. The standard InChI is InChI=1S/C30H42O3/c1-5-9-13-23-17-19-27(21-25(23)15-11-7-3)29(31)33-30(32)28-20-18-24(14-10-6-2)26(22-28)16-12-8-4/h17-22H,5-16H2,1-4H3. The monoisotopic (exact) mass is 450 g/mol. The maximum atomic E-state index is 12.8. The Bertz CT molecular complexity index is 824. The number of aryl methyl sites for hydroxylation is 4. The van der Waals surface area contributed by atoms with Crippen molar-refractivity contribution < 1.29 is 14.3 Å². The molecule has 0 atom stereocenters. The average Bonchev–Trinajstić information content (AvgIpc) is 2.83. The van der Waals surface area contributed by atoms with E-state index in [1.807, 2.05) is 24.3 Å². The molecule has 2 rings (SSSR count). The van der Waals surface area contributed by atoms with E-state index in [-0.39, 0.29) is 0 Å². The summed E-state index contributed by atoms with van der Waals surface area (Å²) in [6, 6.07) is 11.5. The molecule has 0 bridgehead atoms. The van der Waals surface area contributed by atoms with E-state index in [4.69, 9.17) is 4.74 Å². The van der Waals surface area contributed by atoms with Crippen LogP contribution in [0, 0.1) is 0 Å². The number of carbonyl (C=O) groups excluding carboxylic acids is 2. The van der Waals surface area contributed by atoms with Crippen LogP contribution in [-0.2, 0) is 30.4 Å². The van der Waals surface area contributed by atoms with Crippen LogP contribution >= 0.6 is 0 Å². The maximum Gasteiger partial charge on any atom is 0.346 e. The largest absolute Gasteiger partial charge is 0.386 e. The molecule has 33 heavy (non-hydrogen) atoms. The molecule has 0 heterocycles. The molecule has 0 amide bonds. The van der Waals surface area contributed by atoms with Crippen molar-refractivity contribution in [1.82, 2.24) is 0 Å². The Labute approximate surface area is 200 Å². The van der Waals surface area contributed by atoms with Gasteiger partial charge in [0.15, 0.2) is 0 Å². The lowest BCUT2D eigenvalue weighted by atomic mass is 9.95. The SMILES string of the molecule is CCCCc1ccc(C(=O)OC(=O)c2ccc(CCCC)c(CCCC)c2)cc1CCCC. The van der Waals surface area contributed by atoms with Gasteiger partial charge in [-0.1, -0.05) is 65.5 Å². The molecular formula is C30H42O3. The summed E-state index contributed by atoms with van der Waals surface area (Å²) in [5.74, 6) is -1.13. The molecule has 0 fully saturated rings. The zero-order valence-electron chi connectivity index (χ0n) is 21.2. The van der Waals surface area contributed by atoms with Gasteiger partial charge in [0, 0.05) is 0 Å². The first-order chi connectivity index (χ1) is 16.0. The molecule has 0 unspecified atom stereocenters. The summed E-state index contributed by atoms with van der Waals surface area (Å²) in [6.07, 6.45) is 12.9. The van der Waals surface area contributed by atoms with E-state index in [1.54, 1.807) is 12.1 Å². The predicted molar refractivity (Wildman–Crippen MR) is 137 cm³/mol. The maximum absolute atomic E-state index is 12.8. The number of carbonyl (C=O) groups is 2.